The Labute approximate surface area is 287 Å². The monoisotopic (exact) mass is 649 g/mol. The SMILES string of the molecule is CCCCCCCC/C=C\CCCCCCCCCC(=O)OC(CCCCCCCCCCCCCCC)CCCCCC(=O)O. The molecule has 0 aliphatic rings. The topological polar surface area (TPSA) is 63.6 Å². The Hall–Kier alpha value is -1.32. The Morgan fingerprint density at radius 1 is 0.457 bits per heavy atom. The highest BCUT2D eigenvalue weighted by atomic mass is 16.5. The van der Waals surface area contributed by atoms with Gasteiger partial charge in [-0.3, -0.25) is 9.59 Å². The Morgan fingerprint density at radius 3 is 1.20 bits per heavy atom. The molecule has 272 valence electrons. The molecule has 0 aromatic heterocycles. The minimum Gasteiger partial charge on any atom is -0.481 e. The van der Waals surface area contributed by atoms with Crippen molar-refractivity contribution in [3.63, 3.8) is 0 Å². The van der Waals surface area contributed by atoms with Crippen molar-refractivity contribution < 1.29 is 19.4 Å². The molecule has 0 heterocycles. The van der Waals surface area contributed by atoms with E-state index in [4.69, 9.17) is 9.84 Å². The molecule has 1 unspecified atom stereocenters. The first-order valence-corrected chi connectivity index (χ1v) is 20.7. The van der Waals surface area contributed by atoms with Crippen LogP contribution in [0.15, 0.2) is 12.2 Å². The fourth-order valence-corrected chi connectivity index (χ4v) is 6.42. The summed E-state index contributed by atoms with van der Waals surface area (Å²) in [6.45, 7) is 4.55. The second-order valence-electron chi connectivity index (χ2n) is 14.2. The van der Waals surface area contributed by atoms with Gasteiger partial charge < -0.3 is 9.84 Å². The summed E-state index contributed by atoms with van der Waals surface area (Å²) in [6, 6.07) is 0. The lowest BCUT2D eigenvalue weighted by atomic mass is 10.0. The summed E-state index contributed by atoms with van der Waals surface area (Å²) in [7, 11) is 0. The van der Waals surface area contributed by atoms with Crippen molar-refractivity contribution in [2.24, 2.45) is 0 Å². The fourth-order valence-electron chi connectivity index (χ4n) is 6.42. The minimum absolute atomic E-state index is 0.00452. The maximum Gasteiger partial charge on any atom is 0.306 e. The Balaban J connectivity index is 3.89. The van der Waals surface area contributed by atoms with Crippen LogP contribution in [-0.4, -0.2) is 23.1 Å². The van der Waals surface area contributed by atoms with Gasteiger partial charge in [-0.1, -0.05) is 174 Å². The van der Waals surface area contributed by atoms with Gasteiger partial charge in [0.1, 0.15) is 6.10 Å². The summed E-state index contributed by atoms with van der Waals surface area (Å²) < 4.78 is 5.95. The van der Waals surface area contributed by atoms with Crippen LogP contribution in [0.2, 0.25) is 0 Å². The molecule has 0 aromatic carbocycles. The number of esters is 1. The summed E-state index contributed by atoms with van der Waals surface area (Å²) in [5.74, 6) is -0.751. The Morgan fingerprint density at radius 2 is 0.783 bits per heavy atom. The first-order valence-electron chi connectivity index (χ1n) is 20.7. The summed E-state index contributed by atoms with van der Waals surface area (Å²) in [6.07, 6.45) is 46.6. The second-order valence-corrected chi connectivity index (χ2v) is 14.2. The van der Waals surface area contributed by atoms with Gasteiger partial charge in [0.05, 0.1) is 0 Å². The third kappa shape index (κ3) is 37.1. The van der Waals surface area contributed by atoms with E-state index < -0.39 is 5.97 Å². The van der Waals surface area contributed by atoms with E-state index in [9.17, 15) is 9.59 Å². The second kappa shape index (κ2) is 38.1. The van der Waals surface area contributed by atoms with Crippen molar-refractivity contribution in [2.75, 3.05) is 0 Å². The number of carbonyl (C=O) groups excluding carboxylic acids is 1. The molecular formula is C42H80O4. The number of carboxylic acid groups (broad SMARTS) is 1. The molecule has 0 aromatic rings. The highest BCUT2D eigenvalue weighted by Gasteiger charge is 2.14. The summed E-state index contributed by atoms with van der Waals surface area (Å²) in [4.78, 5) is 23.4. The van der Waals surface area contributed by atoms with Crippen molar-refractivity contribution >= 4 is 11.9 Å². The molecule has 0 rings (SSSR count). The van der Waals surface area contributed by atoms with Gasteiger partial charge in [-0.15, -0.1) is 0 Å². The van der Waals surface area contributed by atoms with E-state index in [-0.39, 0.29) is 18.5 Å². The van der Waals surface area contributed by atoms with Gasteiger partial charge in [0.2, 0.25) is 0 Å². The van der Waals surface area contributed by atoms with E-state index in [0.717, 1.165) is 44.9 Å². The van der Waals surface area contributed by atoms with Gasteiger partial charge in [-0.05, 0) is 64.2 Å². The predicted molar refractivity (Wildman–Crippen MR) is 200 cm³/mol. The molecule has 4 heteroatoms. The van der Waals surface area contributed by atoms with E-state index >= 15 is 0 Å². The summed E-state index contributed by atoms with van der Waals surface area (Å²) in [5, 5.41) is 8.90. The van der Waals surface area contributed by atoms with E-state index in [1.54, 1.807) is 0 Å². The molecule has 0 fully saturated rings. The molecule has 0 saturated carbocycles. The molecule has 0 aliphatic heterocycles. The number of unbranched alkanes of at least 4 members (excludes halogenated alkanes) is 27. The van der Waals surface area contributed by atoms with E-state index in [2.05, 4.69) is 26.0 Å². The lowest BCUT2D eigenvalue weighted by Crippen LogP contribution is -2.18. The van der Waals surface area contributed by atoms with Gasteiger partial charge in [0.15, 0.2) is 0 Å². The maximum atomic E-state index is 12.6. The lowest BCUT2D eigenvalue weighted by Gasteiger charge is -2.18. The maximum absolute atomic E-state index is 12.6. The normalized spacial score (nSPS) is 12.2. The van der Waals surface area contributed by atoms with Crippen molar-refractivity contribution in [1.82, 2.24) is 0 Å². The number of ether oxygens (including phenoxy) is 1. The zero-order chi connectivity index (χ0) is 33.6. The van der Waals surface area contributed by atoms with Crippen LogP contribution < -0.4 is 0 Å². The number of hydrogen-bond acceptors (Lipinski definition) is 3. The Bertz CT molecular complexity index is 658. The van der Waals surface area contributed by atoms with Gasteiger partial charge in [-0.2, -0.15) is 0 Å². The lowest BCUT2D eigenvalue weighted by molar-refractivity contribution is -0.150. The van der Waals surface area contributed by atoms with Gasteiger partial charge in [-0.25, -0.2) is 0 Å². The number of rotatable bonds is 38. The van der Waals surface area contributed by atoms with Crippen molar-refractivity contribution in [2.45, 2.75) is 245 Å². The first kappa shape index (κ1) is 44.7. The molecular weight excluding hydrogens is 568 g/mol. The highest BCUT2D eigenvalue weighted by molar-refractivity contribution is 5.69. The molecule has 0 amide bonds. The molecule has 0 aliphatic carbocycles. The van der Waals surface area contributed by atoms with Crippen LogP contribution in [0.25, 0.3) is 0 Å². The van der Waals surface area contributed by atoms with Crippen LogP contribution in [0.4, 0.5) is 0 Å². The number of aliphatic carboxylic acids is 1. The molecule has 1 N–H and O–H groups in total. The molecule has 0 saturated heterocycles. The largest absolute Gasteiger partial charge is 0.481 e. The fraction of sp³-hybridized carbons (Fsp3) is 0.905. The number of hydrogen-bond donors (Lipinski definition) is 1. The smallest absolute Gasteiger partial charge is 0.306 e. The number of carboxylic acids is 1. The standard InChI is InChI=1S/C42H80O4/c1-3-5-7-9-11-13-15-17-18-19-20-22-24-26-28-30-35-39-42(45)46-40(37-33-31-34-38-41(43)44)36-32-29-27-25-23-21-16-14-12-10-8-6-4-2/h17-18,40H,3-16,19-39H2,1-2H3,(H,43,44)/b18-17-. The molecule has 0 bridgehead atoms. The zero-order valence-corrected chi connectivity index (χ0v) is 31.2. The van der Waals surface area contributed by atoms with Crippen LogP contribution in [0.5, 0.6) is 0 Å². The molecule has 0 radical (unpaired) electrons. The quantitative estimate of drug-likeness (QED) is 0.0411. The highest BCUT2D eigenvalue weighted by Crippen LogP contribution is 2.19. The molecule has 46 heavy (non-hydrogen) atoms. The van der Waals surface area contributed by atoms with Crippen molar-refractivity contribution in [3.05, 3.63) is 12.2 Å². The van der Waals surface area contributed by atoms with Crippen molar-refractivity contribution in [3.8, 4) is 0 Å². The number of carbonyl (C=O) groups is 2. The van der Waals surface area contributed by atoms with Crippen LogP contribution in [0.1, 0.15) is 239 Å². The average molecular weight is 649 g/mol. The average Bonchev–Trinajstić information content (AvgIpc) is 3.04. The molecule has 4 nitrogen and oxygen atoms in total. The van der Waals surface area contributed by atoms with E-state index in [1.165, 1.54) is 161 Å². The third-order valence-electron chi connectivity index (χ3n) is 9.49. The van der Waals surface area contributed by atoms with Gasteiger partial charge in [0, 0.05) is 12.8 Å². The van der Waals surface area contributed by atoms with Gasteiger partial charge in [0.25, 0.3) is 0 Å². The number of allylic oxidation sites excluding steroid dienone is 2. The van der Waals surface area contributed by atoms with Crippen LogP contribution in [0.3, 0.4) is 0 Å². The van der Waals surface area contributed by atoms with E-state index in [0.29, 0.717) is 12.8 Å². The minimum atomic E-state index is -0.721. The Kier molecular flexibility index (Phi) is 37.0. The van der Waals surface area contributed by atoms with Crippen molar-refractivity contribution in [1.29, 1.82) is 0 Å². The van der Waals surface area contributed by atoms with Crippen LogP contribution in [0, 0.1) is 0 Å². The van der Waals surface area contributed by atoms with E-state index in [1.807, 2.05) is 0 Å². The van der Waals surface area contributed by atoms with Crippen LogP contribution in [-0.2, 0) is 14.3 Å². The summed E-state index contributed by atoms with van der Waals surface area (Å²) in [5.41, 5.74) is 0. The first-order chi connectivity index (χ1) is 22.6. The molecule has 1 atom stereocenters. The van der Waals surface area contributed by atoms with Crippen LogP contribution >= 0.6 is 0 Å². The third-order valence-corrected chi connectivity index (χ3v) is 9.49. The molecule has 0 spiro atoms. The zero-order valence-electron chi connectivity index (χ0n) is 31.2. The predicted octanol–water partition coefficient (Wildman–Crippen LogP) is 14.2. The summed E-state index contributed by atoms with van der Waals surface area (Å²) >= 11 is 0. The van der Waals surface area contributed by atoms with Gasteiger partial charge >= 0.3 is 11.9 Å².